The number of aromatic amines is 1. The molecule has 162 valence electrons. The molecule has 1 amide bonds. The van der Waals surface area contributed by atoms with Gasteiger partial charge in [-0.05, 0) is 43.2 Å². The molecule has 0 atom stereocenters. The smallest absolute Gasteiger partial charge is 0.406 e. The molecule has 0 aliphatic carbocycles. The fraction of sp³-hybridized carbons (Fsp3) is 0.300. The van der Waals surface area contributed by atoms with Crippen molar-refractivity contribution >= 4 is 16.9 Å². The SMILES string of the molecule is O=C(c1cccc(OC(F)(F)F)c1)N1CCC(n2c(=O)[nH]c3ncccc3c2=O)CC1. The Morgan fingerprint density at radius 1 is 1.13 bits per heavy atom. The number of hydrogen-bond acceptors (Lipinski definition) is 5. The molecular formula is C20H17F3N4O4. The number of carbonyl (C=O) groups is 1. The van der Waals surface area contributed by atoms with E-state index in [9.17, 15) is 27.6 Å². The monoisotopic (exact) mass is 434 g/mol. The normalized spacial score (nSPS) is 15.3. The van der Waals surface area contributed by atoms with Gasteiger partial charge in [-0.15, -0.1) is 13.2 Å². The highest BCUT2D eigenvalue weighted by molar-refractivity contribution is 5.94. The van der Waals surface area contributed by atoms with Crippen LogP contribution < -0.4 is 16.0 Å². The fourth-order valence-corrected chi connectivity index (χ4v) is 3.73. The van der Waals surface area contributed by atoms with Crippen molar-refractivity contribution in [3.05, 3.63) is 69.0 Å². The molecule has 1 N–H and O–H groups in total. The van der Waals surface area contributed by atoms with Crippen molar-refractivity contribution in [1.82, 2.24) is 19.4 Å². The van der Waals surface area contributed by atoms with E-state index in [0.717, 1.165) is 16.7 Å². The molecule has 0 saturated carbocycles. The van der Waals surface area contributed by atoms with Crippen LogP contribution in [-0.4, -0.2) is 44.8 Å². The van der Waals surface area contributed by atoms with Crippen LogP contribution >= 0.6 is 0 Å². The molecule has 2 aromatic heterocycles. The second-order valence-corrected chi connectivity index (χ2v) is 7.10. The number of fused-ring (bicyclic) bond motifs is 1. The maximum Gasteiger partial charge on any atom is 0.573 e. The summed E-state index contributed by atoms with van der Waals surface area (Å²) in [7, 11) is 0. The van der Waals surface area contributed by atoms with Crippen molar-refractivity contribution in [1.29, 1.82) is 0 Å². The van der Waals surface area contributed by atoms with Crippen LogP contribution in [0.15, 0.2) is 52.2 Å². The van der Waals surface area contributed by atoms with Gasteiger partial charge in [0.25, 0.3) is 11.5 Å². The van der Waals surface area contributed by atoms with Crippen LogP contribution in [0.2, 0.25) is 0 Å². The fourth-order valence-electron chi connectivity index (χ4n) is 3.73. The summed E-state index contributed by atoms with van der Waals surface area (Å²) in [5.74, 6) is -0.925. The number of alkyl halides is 3. The van der Waals surface area contributed by atoms with E-state index in [1.807, 2.05) is 0 Å². The number of ether oxygens (including phenoxy) is 1. The summed E-state index contributed by atoms with van der Waals surface area (Å²) in [5, 5.41) is 0.294. The molecule has 1 fully saturated rings. The number of nitrogens with one attached hydrogen (secondary N) is 1. The molecule has 1 aromatic carbocycles. The van der Waals surface area contributed by atoms with Gasteiger partial charge in [0.2, 0.25) is 0 Å². The van der Waals surface area contributed by atoms with Gasteiger partial charge in [0.05, 0.1) is 5.39 Å². The zero-order valence-electron chi connectivity index (χ0n) is 16.1. The zero-order chi connectivity index (χ0) is 22.2. The van der Waals surface area contributed by atoms with E-state index < -0.39 is 35.3 Å². The molecule has 1 saturated heterocycles. The molecule has 4 rings (SSSR count). The van der Waals surface area contributed by atoms with Crippen molar-refractivity contribution in [2.45, 2.75) is 25.2 Å². The number of pyridine rings is 1. The third kappa shape index (κ3) is 4.30. The van der Waals surface area contributed by atoms with E-state index in [4.69, 9.17) is 0 Å². The van der Waals surface area contributed by atoms with Gasteiger partial charge in [-0.25, -0.2) is 9.78 Å². The number of aromatic nitrogens is 3. The molecule has 3 heterocycles. The molecule has 1 aliphatic heterocycles. The number of halogens is 3. The number of H-pyrrole nitrogens is 1. The van der Waals surface area contributed by atoms with E-state index in [1.165, 1.54) is 23.2 Å². The van der Waals surface area contributed by atoms with Crippen LogP contribution in [0.5, 0.6) is 5.75 Å². The van der Waals surface area contributed by atoms with Crippen LogP contribution in [0.25, 0.3) is 11.0 Å². The molecule has 1 aliphatic rings. The molecule has 31 heavy (non-hydrogen) atoms. The Balaban J connectivity index is 1.50. The third-order valence-corrected chi connectivity index (χ3v) is 5.13. The minimum Gasteiger partial charge on any atom is -0.406 e. The Morgan fingerprint density at radius 3 is 2.58 bits per heavy atom. The number of piperidine rings is 1. The molecule has 8 nitrogen and oxygen atoms in total. The first-order valence-electron chi connectivity index (χ1n) is 9.47. The Hall–Kier alpha value is -3.63. The van der Waals surface area contributed by atoms with Gasteiger partial charge in [0, 0.05) is 30.9 Å². The van der Waals surface area contributed by atoms with Crippen LogP contribution in [0, 0.1) is 0 Å². The molecule has 0 bridgehead atoms. The lowest BCUT2D eigenvalue weighted by Crippen LogP contribution is -2.45. The number of amides is 1. The topological polar surface area (TPSA) is 97.3 Å². The van der Waals surface area contributed by atoms with E-state index >= 15 is 0 Å². The van der Waals surface area contributed by atoms with Gasteiger partial charge in [0.1, 0.15) is 11.4 Å². The highest BCUT2D eigenvalue weighted by Gasteiger charge is 2.32. The molecule has 0 radical (unpaired) electrons. The predicted molar refractivity (Wildman–Crippen MR) is 104 cm³/mol. The summed E-state index contributed by atoms with van der Waals surface area (Å²) in [6.07, 6.45) is -2.69. The van der Waals surface area contributed by atoms with Crippen LogP contribution in [0.4, 0.5) is 13.2 Å². The van der Waals surface area contributed by atoms with E-state index in [2.05, 4.69) is 14.7 Å². The van der Waals surface area contributed by atoms with Gasteiger partial charge >= 0.3 is 12.1 Å². The number of hydrogen-bond donors (Lipinski definition) is 1. The second-order valence-electron chi connectivity index (χ2n) is 7.10. The lowest BCUT2D eigenvalue weighted by Gasteiger charge is -2.32. The molecule has 0 spiro atoms. The van der Waals surface area contributed by atoms with Crippen molar-refractivity contribution in [2.75, 3.05) is 13.1 Å². The van der Waals surface area contributed by atoms with E-state index in [0.29, 0.717) is 18.2 Å². The first kappa shape index (κ1) is 20.6. The van der Waals surface area contributed by atoms with E-state index in [1.54, 1.807) is 12.1 Å². The van der Waals surface area contributed by atoms with Gasteiger partial charge in [-0.1, -0.05) is 6.07 Å². The molecular weight excluding hydrogens is 417 g/mol. The minimum atomic E-state index is -4.85. The maximum atomic E-state index is 12.8. The lowest BCUT2D eigenvalue weighted by molar-refractivity contribution is -0.274. The number of rotatable bonds is 3. The summed E-state index contributed by atoms with van der Waals surface area (Å²) in [4.78, 5) is 45.9. The number of carbonyl (C=O) groups excluding carboxylic acids is 1. The van der Waals surface area contributed by atoms with Gasteiger partial charge in [0.15, 0.2) is 0 Å². The Kier molecular flexibility index (Phi) is 5.25. The van der Waals surface area contributed by atoms with Crippen molar-refractivity contribution in [3.63, 3.8) is 0 Å². The largest absolute Gasteiger partial charge is 0.573 e. The predicted octanol–water partition coefficient (Wildman–Crippen LogP) is 2.46. The Labute approximate surface area is 172 Å². The molecule has 11 heteroatoms. The first-order chi connectivity index (χ1) is 14.7. The summed E-state index contributed by atoms with van der Waals surface area (Å²) >= 11 is 0. The summed E-state index contributed by atoms with van der Waals surface area (Å²) in [5.41, 5.74) is -0.749. The third-order valence-electron chi connectivity index (χ3n) is 5.13. The maximum absolute atomic E-state index is 12.8. The van der Waals surface area contributed by atoms with E-state index in [-0.39, 0.29) is 24.3 Å². The zero-order valence-corrected chi connectivity index (χ0v) is 16.1. The second kappa shape index (κ2) is 7.89. The Morgan fingerprint density at radius 2 is 1.87 bits per heavy atom. The summed E-state index contributed by atoms with van der Waals surface area (Å²) in [6, 6.07) is 7.63. The average molecular weight is 434 g/mol. The number of likely N-dealkylation sites (tertiary alicyclic amines) is 1. The van der Waals surface area contributed by atoms with Crippen molar-refractivity contribution in [3.8, 4) is 5.75 Å². The van der Waals surface area contributed by atoms with Crippen LogP contribution in [-0.2, 0) is 0 Å². The number of nitrogens with zero attached hydrogens (tertiary/aromatic N) is 3. The highest BCUT2D eigenvalue weighted by atomic mass is 19.4. The van der Waals surface area contributed by atoms with Crippen molar-refractivity contribution < 1.29 is 22.7 Å². The van der Waals surface area contributed by atoms with Gasteiger partial charge in [-0.3, -0.25) is 19.1 Å². The van der Waals surface area contributed by atoms with Crippen molar-refractivity contribution in [2.24, 2.45) is 0 Å². The average Bonchev–Trinajstić information content (AvgIpc) is 2.73. The summed E-state index contributed by atoms with van der Waals surface area (Å²) < 4.78 is 42.3. The number of benzene rings is 1. The molecule has 3 aromatic rings. The summed E-state index contributed by atoms with van der Waals surface area (Å²) in [6.45, 7) is 0.482. The lowest BCUT2D eigenvalue weighted by atomic mass is 10.0. The van der Waals surface area contributed by atoms with Gasteiger partial charge in [-0.2, -0.15) is 0 Å². The van der Waals surface area contributed by atoms with Crippen LogP contribution in [0.1, 0.15) is 29.2 Å². The molecule has 0 unspecified atom stereocenters. The Bertz CT molecular complexity index is 1240. The quantitative estimate of drug-likeness (QED) is 0.683. The highest BCUT2D eigenvalue weighted by Crippen LogP contribution is 2.25. The van der Waals surface area contributed by atoms with Crippen LogP contribution in [0.3, 0.4) is 0 Å². The first-order valence-corrected chi connectivity index (χ1v) is 9.47. The standard InChI is InChI=1S/C20H17F3N4O4/c21-20(22,23)31-14-4-1-3-12(11-14)17(28)26-9-6-13(7-10-26)27-18(29)15-5-2-8-24-16(15)25-19(27)30/h1-5,8,11,13H,6-7,9-10H2,(H,24,25,30). The van der Waals surface area contributed by atoms with Gasteiger partial charge < -0.3 is 9.64 Å². The minimum absolute atomic E-state index is 0.0620.